The average Bonchev–Trinajstić information content (AvgIpc) is 3.13. The van der Waals surface area contributed by atoms with Gasteiger partial charge in [0.2, 0.25) is 0 Å². The molecular formula is C16H24N2O3S. The highest BCUT2D eigenvalue weighted by Gasteiger charge is 2.41. The molecule has 1 aliphatic heterocycles. The van der Waals surface area contributed by atoms with Gasteiger partial charge < -0.3 is 9.84 Å². The van der Waals surface area contributed by atoms with Gasteiger partial charge in [0.25, 0.3) is 0 Å². The topological polar surface area (TPSA) is 62.7 Å². The minimum absolute atomic E-state index is 0.100. The predicted molar refractivity (Wildman–Crippen MR) is 84.9 cm³/mol. The van der Waals surface area contributed by atoms with Crippen LogP contribution in [0.1, 0.15) is 42.3 Å². The van der Waals surface area contributed by atoms with Crippen LogP contribution >= 0.6 is 11.3 Å². The van der Waals surface area contributed by atoms with Crippen molar-refractivity contribution in [3.05, 3.63) is 16.1 Å². The first-order chi connectivity index (χ1) is 10.6. The van der Waals surface area contributed by atoms with Crippen molar-refractivity contribution in [2.24, 2.45) is 5.92 Å². The van der Waals surface area contributed by atoms with Gasteiger partial charge in [-0.05, 0) is 45.7 Å². The summed E-state index contributed by atoms with van der Waals surface area (Å²) in [6.07, 6.45) is 3.00. The number of aliphatic hydroxyl groups is 1. The van der Waals surface area contributed by atoms with E-state index < -0.39 is 6.10 Å². The number of ether oxygens (including phenoxy) is 1. The zero-order valence-electron chi connectivity index (χ0n) is 13.2. The molecule has 0 radical (unpaired) electrons. The number of methoxy groups -OCH3 is 1. The fraction of sp³-hybridized carbons (Fsp3) is 0.750. The minimum Gasteiger partial charge on any atom is -0.469 e. The number of piperidine rings is 1. The van der Waals surface area contributed by atoms with Crippen LogP contribution in [0.25, 0.3) is 0 Å². The Morgan fingerprint density at radius 2 is 2.14 bits per heavy atom. The summed E-state index contributed by atoms with van der Waals surface area (Å²) in [6.45, 7) is 3.98. The van der Waals surface area contributed by atoms with Gasteiger partial charge in [-0.1, -0.05) is 0 Å². The largest absolute Gasteiger partial charge is 0.469 e. The van der Waals surface area contributed by atoms with Gasteiger partial charge in [0.05, 0.1) is 24.1 Å². The molecule has 5 nitrogen and oxygen atoms in total. The molecule has 3 atom stereocenters. The fourth-order valence-corrected chi connectivity index (χ4v) is 4.75. The molecule has 3 unspecified atom stereocenters. The third-order valence-electron chi connectivity index (χ3n) is 5.02. The smallest absolute Gasteiger partial charge is 0.308 e. The first-order valence-electron chi connectivity index (χ1n) is 8.00. The number of hydrogen-bond donors (Lipinski definition) is 1. The Morgan fingerprint density at radius 3 is 2.73 bits per heavy atom. The van der Waals surface area contributed by atoms with Crippen LogP contribution in [-0.2, 0) is 9.53 Å². The zero-order chi connectivity index (χ0) is 15.7. The Bertz CT molecular complexity index is 525. The van der Waals surface area contributed by atoms with Gasteiger partial charge in [-0.15, -0.1) is 11.3 Å². The van der Waals surface area contributed by atoms with Gasteiger partial charge >= 0.3 is 5.97 Å². The third-order valence-corrected chi connectivity index (χ3v) is 6.14. The Balaban J connectivity index is 1.56. The van der Waals surface area contributed by atoms with Crippen molar-refractivity contribution in [1.82, 2.24) is 9.88 Å². The molecule has 3 rings (SSSR count). The highest BCUT2D eigenvalue weighted by Crippen LogP contribution is 2.36. The summed E-state index contributed by atoms with van der Waals surface area (Å²) >= 11 is 1.76. The van der Waals surface area contributed by atoms with E-state index >= 15 is 0 Å². The maximum absolute atomic E-state index is 11.7. The molecule has 0 aromatic carbocycles. The molecule has 1 aliphatic carbocycles. The van der Waals surface area contributed by atoms with E-state index in [1.165, 1.54) is 12.1 Å². The standard InChI is InChI=1S/C16H24N2O3S/c1-10-9-22-15(17-10)11-3-5-18(6-4-11)13-7-12(8-14(13)19)16(20)21-2/h9,11-14,19H,3-8H2,1-2H3. The molecule has 2 fully saturated rings. The minimum atomic E-state index is -0.414. The lowest BCUT2D eigenvalue weighted by Gasteiger charge is -2.36. The van der Waals surface area contributed by atoms with Crippen molar-refractivity contribution in [3.8, 4) is 0 Å². The lowest BCUT2D eigenvalue weighted by Crippen LogP contribution is -2.44. The van der Waals surface area contributed by atoms with Gasteiger partial charge in [-0.3, -0.25) is 9.69 Å². The molecule has 1 N–H and O–H groups in total. The van der Waals surface area contributed by atoms with Crippen LogP contribution in [0, 0.1) is 12.8 Å². The van der Waals surface area contributed by atoms with E-state index in [1.54, 1.807) is 11.3 Å². The molecule has 1 saturated carbocycles. The number of nitrogens with zero attached hydrogens (tertiary/aromatic N) is 2. The van der Waals surface area contributed by atoms with Crippen molar-refractivity contribution in [2.75, 3.05) is 20.2 Å². The highest BCUT2D eigenvalue weighted by atomic mass is 32.1. The van der Waals surface area contributed by atoms with Crippen molar-refractivity contribution in [3.63, 3.8) is 0 Å². The number of esters is 1. The van der Waals surface area contributed by atoms with Gasteiger partial charge in [-0.25, -0.2) is 4.98 Å². The van der Waals surface area contributed by atoms with E-state index in [0.29, 0.717) is 12.3 Å². The number of likely N-dealkylation sites (tertiary alicyclic amines) is 1. The lowest BCUT2D eigenvalue weighted by molar-refractivity contribution is -0.145. The number of thiazole rings is 1. The van der Waals surface area contributed by atoms with Crippen molar-refractivity contribution < 1.29 is 14.6 Å². The number of aliphatic hydroxyl groups excluding tert-OH is 1. The lowest BCUT2D eigenvalue weighted by atomic mass is 9.95. The molecule has 0 bridgehead atoms. The molecule has 22 heavy (non-hydrogen) atoms. The zero-order valence-corrected chi connectivity index (χ0v) is 14.0. The fourth-order valence-electron chi connectivity index (χ4n) is 3.78. The Labute approximate surface area is 135 Å². The predicted octanol–water partition coefficient (Wildman–Crippen LogP) is 1.94. The summed E-state index contributed by atoms with van der Waals surface area (Å²) in [4.78, 5) is 18.6. The summed E-state index contributed by atoms with van der Waals surface area (Å²) < 4.78 is 4.82. The van der Waals surface area contributed by atoms with Gasteiger partial charge in [0, 0.05) is 23.0 Å². The normalized spacial score (nSPS) is 30.6. The summed E-state index contributed by atoms with van der Waals surface area (Å²) in [5.41, 5.74) is 1.11. The van der Waals surface area contributed by atoms with E-state index in [2.05, 4.69) is 15.3 Å². The van der Waals surface area contributed by atoms with Gasteiger partial charge in [0.15, 0.2) is 0 Å². The van der Waals surface area contributed by atoms with Crippen LogP contribution in [0.2, 0.25) is 0 Å². The van der Waals surface area contributed by atoms with Crippen molar-refractivity contribution in [2.45, 2.75) is 50.7 Å². The Morgan fingerprint density at radius 1 is 1.41 bits per heavy atom. The molecule has 2 heterocycles. The van der Waals surface area contributed by atoms with E-state index in [1.807, 2.05) is 6.92 Å². The second-order valence-corrected chi connectivity index (χ2v) is 7.35. The van der Waals surface area contributed by atoms with Gasteiger partial charge in [0.1, 0.15) is 0 Å². The average molecular weight is 324 g/mol. The second-order valence-electron chi connectivity index (χ2n) is 6.46. The second kappa shape index (κ2) is 6.64. The number of rotatable bonds is 3. The summed E-state index contributed by atoms with van der Waals surface area (Å²) in [7, 11) is 1.42. The molecular weight excluding hydrogens is 300 g/mol. The van der Waals surface area contributed by atoms with Crippen LogP contribution in [0.15, 0.2) is 5.38 Å². The molecule has 0 amide bonds. The number of carbonyl (C=O) groups excluding carboxylic acids is 1. The summed E-state index contributed by atoms with van der Waals surface area (Å²) in [5.74, 6) is 0.212. The molecule has 0 spiro atoms. The van der Waals surface area contributed by atoms with Crippen LogP contribution in [0.4, 0.5) is 0 Å². The van der Waals surface area contributed by atoms with Crippen molar-refractivity contribution >= 4 is 17.3 Å². The molecule has 1 aromatic rings. The van der Waals surface area contributed by atoms with E-state index in [0.717, 1.165) is 38.0 Å². The van der Waals surface area contributed by atoms with Crippen LogP contribution in [0.3, 0.4) is 0 Å². The first-order valence-corrected chi connectivity index (χ1v) is 8.88. The first kappa shape index (κ1) is 15.9. The van der Waals surface area contributed by atoms with E-state index in [-0.39, 0.29) is 17.9 Å². The third kappa shape index (κ3) is 3.19. The number of aromatic nitrogens is 1. The monoisotopic (exact) mass is 324 g/mol. The molecule has 122 valence electrons. The molecule has 6 heteroatoms. The molecule has 2 aliphatic rings. The number of carbonyl (C=O) groups is 1. The SMILES string of the molecule is COC(=O)C1CC(O)C(N2CCC(c3nc(C)cs3)CC2)C1. The Hall–Kier alpha value is -0.980. The van der Waals surface area contributed by atoms with Crippen LogP contribution in [0.5, 0.6) is 0 Å². The van der Waals surface area contributed by atoms with Gasteiger partial charge in [-0.2, -0.15) is 0 Å². The van der Waals surface area contributed by atoms with E-state index in [4.69, 9.17) is 4.74 Å². The molecule has 1 aromatic heterocycles. The van der Waals surface area contributed by atoms with Crippen molar-refractivity contribution in [1.29, 1.82) is 0 Å². The van der Waals surface area contributed by atoms with E-state index in [9.17, 15) is 9.90 Å². The number of hydrogen-bond acceptors (Lipinski definition) is 6. The highest BCUT2D eigenvalue weighted by molar-refractivity contribution is 7.09. The van der Waals surface area contributed by atoms with Crippen LogP contribution in [-0.4, -0.2) is 53.3 Å². The summed E-state index contributed by atoms with van der Waals surface area (Å²) in [5, 5.41) is 13.6. The maximum Gasteiger partial charge on any atom is 0.308 e. The Kier molecular flexibility index (Phi) is 4.80. The number of aryl methyl sites for hydroxylation is 1. The van der Waals surface area contributed by atoms with Crippen LogP contribution < -0.4 is 0 Å². The summed E-state index contributed by atoms with van der Waals surface area (Å²) in [6, 6.07) is 0.100. The quantitative estimate of drug-likeness (QED) is 0.861. The molecule has 1 saturated heterocycles. The maximum atomic E-state index is 11.7.